The molecule has 0 saturated heterocycles. The zero-order valence-corrected chi connectivity index (χ0v) is 15.2. The van der Waals surface area contributed by atoms with Crippen molar-refractivity contribution in [2.45, 2.75) is 4.90 Å². The number of nitrogens with zero attached hydrogens (tertiary/aromatic N) is 1. The fourth-order valence-corrected chi connectivity index (χ4v) is 3.73. The summed E-state index contributed by atoms with van der Waals surface area (Å²) in [6.07, 6.45) is 0. The molecule has 8 heteroatoms. The van der Waals surface area contributed by atoms with E-state index in [0.29, 0.717) is 16.6 Å². The first-order valence-electron chi connectivity index (χ1n) is 7.30. The van der Waals surface area contributed by atoms with Crippen molar-refractivity contribution in [3.8, 4) is 11.5 Å². The van der Waals surface area contributed by atoms with Gasteiger partial charge in [0, 0.05) is 17.0 Å². The molecule has 3 rings (SSSR count). The van der Waals surface area contributed by atoms with Crippen LogP contribution < -0.4 is 14.8 Å². The van der Waals surface area contributed by atoms with Crippen LogP contribution in [0.15, 0.2) is 41.3 Å². The predicted molar refractivity (Wildman–Crippen MR) is 98.5 cm³/mol. The normalized spacial score (nSPS) is 10.7. The third kappa shape index (κ3) is 4.21. The van der Waals surface area contributed by atoms with Gasteiger partial charge in [-0.2, -0.15) is 0 Å². The second kappa shape index (κ2) is 7.71. The molecule has 1 amide bonds. The van der Waals surface area contributed by atoms with Gasteiger partial charge in [0.2, 0.25) is 5.91 Å². The highest BCUT2D eigenvalue weighted by molar-refractivity contribution is 8.00. The summed E-state index contributed by atoms with van der Waals surface area (Å²) in [4.78, 5) is 17.3. The lowest BCUT2D eigenvalue weighted by Crippen LogP contribution is -2.13. The van der Waals surface area contributed by atoms with Gasteiger partial charge < -0.3 is 14.8 Å². The van der Waals surface area contributed by atoms with Crippen molar-refractivity contribution in [1.82, 2.24) is 4.98 Å². The summed E-state index contributed by atoms with van der Waals surface area (Å²) >= 11 is 2.69. The average molecular weight is 378 g/mol. The van der Waals surface area contributed by atoms with Gasteiger partial charge in [-0.15, -0.1) is 11.8 Å². The molecule has 0 bridgehead atoms. The standard InChI is InChI=1S/C17H15FN2O3S2/c1-22-13-7-12-15(8-14(13)23-2)25-17(19-12)20-16(21)9-24-11-5-3-10(18)4-6-11/h3-8H,9H2,1-2H3,(H,19,20,21). The van der Waals surface area contributed by atoms with Gasteiger partial charge in [-0.25, -0.2) is 9.37 Å². The first kappa shape index (κ1) is 17.5. The Balaban J connectivity index is 1.67. The Bertz CT molecular complexity index is 856. The summed E-state index contributed by atoms with van der Waals surface area (Å²) in [5, 5.41) is 3.29. The molecule has 0 spiro atoms. The number of thioether (sulfide) groups is 1. The number of halogens is 1. The van der Waals surface area contributed by atoms with Gasteiger partial charge in [-0.3, -0.25) is 4.79 Å². The van der Waals surface area contributed by atoms with Crippen molar-refractivity contribution >= 4 is 44.4 Å². The number of fused-ring (bicyclic) bond motifs is 1. The highest BCUT2D eigenvalue weighted by atomic mass is 32.2. The van der Waals surface area contributed by atoms with Gasteiger partial charge in [0.25, 0.3) is 0 Å². The van der Waals surface area contributed by atoms with E-state index in [1.807, 2.05) is 6.07 Å². The van der Waals surface area contributed by atoms with Crippen LogP contribution in [-0.2, 0) is 4.79 Å². The quantitative estimate of drug-likeness (QED) is 0.652. The van der Waals surface area contributed by atoms with Gasteiger partial charge in [-0.1, -0.05) is 11.3 Å². The van der Waals surface area contributed by atoms with E-state index in [9.17, 15) is 9.18 Å². The maximum Gasteiger partial charge on any atom is 0.236 e. The second-order valence-corrected chi connectivity index (χ2v) is 7.06. The van der Waals surface area contributed by atoms with E-state index in [1.165, 1.54) is 35.2 Å². The first-order chi connectivity index (χ1) is 12.1. The number of hydrogen-bond donors (Lipinski definition) is 1. The number of ether oxygens (including phenoxy) is 2. The highest BCUT2D eigenvalue weighted by Crippen LogP contribution is 2.36. The van der Waals surface area contributed by atoms with E-state index in [0.717, 1.165) is 15.1 Å². The van der Waals surface area contributed by atoms with E-state index < -0.39 is 0 Å². The number of methoxy groups -OCH3 is 2. The Morgan fingerprint density at radius 1 is 1.20 bits per heavy atom. The molecule has 0 aliphatic carbocycles. The molecule has 0 fully saturated rings. The number of aromatic nitrogens is 1. The topological polar surface area (TPSA) is 60.5 Å². The van der Waals surface area contributed by atoms with Crippen LogP contribution in [-0.4, -0.2) is 30.9 Å². The minimum Gasteiger partial charge on any atom is -0.493 e. The van der Waals surface area contributed by atoms with Crippen molar-refractivity contribution in [3.05, 3.63) is 42.2 Å². The van der Waals surface area contributed by atoms with Crippen molar-refractivity contribution in [2.75, 3.05) is 25.3 Å². The highest BCUT2D eigenvalue weighted by Gasteiger charge is 2.12. The van der Waals surface area contributed by atoms with Crippen LogP contribution in [0.3, 0.4) is 0 Å². The number of amides is 1. The molecule has 5 nitrogen and oxygen atoms in total. The van der Waals surface area contributed by atoms with Crippen LogP contribution in [0.1, 0.15) is 0 Å². The third-order valence-electron chi connectivity index (χ3n) is 3.32. The number of hydrogen-bond acceptors (Lipinski definition) is 6. The number of carbonyl (C=O) groups excluding carboxylic acids is 1. The predicted octanol–water partition coefficient (Wildman–Crippen LogP) is 4.18. The Labute approximate surface area is 152 Å². The van der Waals surface area contributed by atoms with Crippen LogP contribution >= 0.6 is 23.1 Å². The van der Waals surface area contributed by atoms with Crippen molar-refractivity contribution in [2.24, 2.45) is 0 Å². The van der Waals surface area contributed by atoms with Crippen LogP contribution in [0, 0.1) is 5.82 Å². The van der Waals surface area contributed by atoms with Crippen LogP contribution in [0.25, 0.3) is 10.2 Å². The van der Waals surface area contributed by atoms with Gasteiger partial charge in [0.15, 0.2) is 16.6 Å². The summed E-state index contributed by atoms with van der Waals surface area (Å²) in [7, 11) is 3.13. The second-order valence-electron chi connectivity index (χ2n) is 4.98. The number of benzene rings is 2. The minimum atomic E-state index is -0.297. The molecule has 2 aromatic carbocycles. The summed E-state index contributed by atoms with van der Waals surface area (Å²) in [5.74, 6) is 0.948. The number of thiazole rings is 1. The zero-order chi connectivity index (χ0) is 17.8. The van der Waals surface area contributed by atoms with E-state index in [4.69, 9.17) is 9.47 Å². The van der Waals surface area contributed by atoms with E-state index in [2.05, 4.69) is 10.3 Å². The minimum absolute atomic E-state index is 0.174. The number of rotatable bonds is 6. The largest absolute Gasteiger partial charge is 0.493 e. The van der Waals surface area contributed by atoms with Crippen LogP contribution in [0.4, 0.5) is 9.52 Å². The van der Waals surface area contributed by atoms with E-state index >= 15 is 0 Å². The average Bonchev–Trinajstić information content (AvgIpc) is 3.00. The smallest absolute Gasteiger partial charge is 0.236 e. The molecular weight excluding hydrogens is 363 g/mol. The lowest BCUT2D eigenvalue weighted by Gasteiger charge is -2.05. The monoisotopic (exact) mass is 378 g/mol. The van der Waals surface area contributed by atoms with Crippen molar-refractivity contribution < 1.29 is 18.7 Å². The third-order valence-corrected chi connectivity index (χ3v) is 5.27. The summed E-state index contributed by atoms with van der Waals surface area (Å²) in [6.45, 7) is 0. The Kier molecular flexibility index (Phi) is 5.40. The lowest BCUT2D eigenvalue weighted by molar-refractivity contribution is -0.113. The maximum absolute atomic E-state index is 12.9. The Hall–Kier alpha value is -2.32. The Morgan fingerprint density at radius 2 is 1.88 bits per heavy atom. The molecular formula is C17H15FN2O3S2. The molecule has 3 aromatic rings. The summed E-state index contributed by atoms with van der Waals surface area (Å²) in [5.41, 5.74) is 0.726. The van der Waals surface area contributed by atoms with Crippen LogP contribution in [0.5, 0.6) is 11.5 Å². The molecule has 0 atom stereocenters. The molecule has 0 unspecified atom stereocenters. The zero-order valence-electron chi connectivity index (χ0n) is 13.5. The van der Waals surface area contributed by atoms with Gasteiger partial charge in [0.05, 0.1) is 30.2 Å². The van der Waals surface area contributed by atoms with Gasteiger partial charge in [0.1, 0.15) is 5.82 Å². The SMILES string of the molecule is COc1cc2nc(NC(=O)CSc3ccc(F)cc3)sc2cc1OC. The summed E-state index contributed by atoms with van der Waals surface area (Å²) < 4.78 is 24.3. The molecule has 0 radical (unpaired) electrons. The number of carbonyl (C=O) groups is 1. The molecule has 25 heavy (non-hydrogen) atoms. The van der Waals surface area contributed by atoms with Gasteiger partial charge >= 0.3 is 0 Å². The van der Waals surface area contributed by atoms with Crippen molar-refractivity contribution in [1.29, 1.82) is 0 Å². The number of nitrogens with one attached hydrogen (secondary N) is 1. The first-order valence-corrected chi connectivity index (χ1v) is 9.10. The molecule has 1 heterocycles. The molecule has 0 aliphatic heterocycles. The number of anilines is 1. The van der Waals surface area contributed by atoms with E-state index in [1.54, 1.807) is 32.4 Å². The molecule has 0 saturated carbocycles. The fraction of sp³-hybridized carbons (Fsp3) is 0.176. The molecule has 1 N–H and O–H groups in total. The van der Waals surface area contributed by atoms with Gasteiger partial charge in [-0.05, 0) is 24.3 Å². The Morgan fingerprint density at radius 3 is 2.56 bits per heavy atom. The summed E-state index contributed by atoms with van der Waals surface area (Å²) in [6, 6.07) is 9.62. The maximum atomic E-state index is 12.9. The van der Waals surface area contributed by atoms with Crippen molar-refractivity contribution in [3.63, 3.8) is 0 Å². The molecule has 130 valence electrons. The molecule has 0 aliphatic rings. The van der Waals surface area contributed by atoms with Crippen LogP contribution in [0.2, 0.25) is 0 Å². The molecule has 1 aromatic heterocycles. The van der Waals surface area contributed by atoms with E-state index in [-0.39, 0.29) is 17.5 Å². The fourth-order valence-electron chi connectivity index (χ4n) is 2.14. The lowest BCUT2D eigenvalue weighted by atomic mass is 10.3.